The number of carbonyl (C=O) groups excluding carboxylic acids is 2. The van der Waals surface area contributed by atoms with Gasteiger partial charge in [0, 0.05) is 17.9 Å². The molecule has 0 aromatic heterocycles. The third-order valence-electron chi connectivity index (χ3n) is 5.04. The predicted octanol–water partition coefficient (Wildman–Crippen LogP) is 1.65. The summed E-state index contributed by atoms with van der Waals surface area (Å²) in [5.74, 6) is -0.00915. The summed E-state index contributed by atoms with van der Waals surface area (Å²) >= 11 is 0. The van der Waals surface area contributed by atoms with Crippen LogP contribution in [0.2, 0.25) is 0 Å². The minimum Gasteiger partial charge on any atom is -0.322 e. The van der Waals surface area contributed by atoms with Crippen molar-refractivity contribution in [1.29, 1.82) is 0 Å². The van der Waals surface area contributed by atoms with Crippen LogP contribution < -0.4 is 15.1 Å². The van der Waals surface area contributed by atoms with Crippen molar-refractivity contribution in [1.82, 2.24) is 0 Å². The Bertz CT molecular complexity index is 853. The maximum atomic E-state index is 12.7. The highest BCUT2D eigenvalue weighted by atomic mass is 16.2. The van der Waals surface area contributed by atoms with E-state index in [1.54, 1.807) is 0 Å². The second-order valence-corrected chi connectivity index (χ2v) is 7.56. The van der Waals surface area contributed by atoms with E-state index in [9.17, 15) is 9.59 Å². The van der Waals surface area contributed by atoms with Gasteiger partial charge >= 0.3 is 0 Å². The highest BCUT2D eigenvalue weighted by Gasteiger charge is 2.26. The molecule has 2 aromatic rings. The number of amides is 2. The van der Waals surface area contributed by atoms with E-state index < -0.39 is 0 Å². The number of fused-ring (bicyclic) bond motifs is 1. The number of hydrogen-bond acceptors (Lipinski definition) is 2. The van der Waals surface area contributed by atoms with Crippen molar-refractivity contribution < 1.29 is 14.5 Å². The molecule has 0 fully saturated rings. The molecule has 2 N–H and O–H groups in total. The van der Waals surface area contributed by atoms with E-state index >= 15 is 0 Å². The van der Waals surface area contributed by atoms with Crippen LogP contribution >= 0.6 is 0 Å². The third kappa shape index (κ3) is 4.37. The van der Waals surface area contributed by atoms with Gasteiger partial charge in [0.2, 0.25) is 0 Å². The zero-order chi connectivity index (χ0) is 19.6. The van der Waals surface area contributed by atoms with Crippen LogP contribution in [0.15, 0.2) is 36.4 Å². The van der Waals surface area contributed by atoms with Gasteiger partial charge in [0.05, 0.1) is 7.05 Å². The molecule has 0 aliphatic carbocycles. The van der Waals surface area contributed by atoms with Gasteiger partial charge in [-0.05, 0) is 49.9 Å². The van der Waals surface area contributed by atoms with Gasteiger partial charge in [-0.15, -0.1) is 0 Å². The van der Waals surface area contributed by atoms with Crippen LogP contribution in [0, 0.1) is 20.8 Å². The Morgan fingerprint density at radius 2 is 1.74 bits per heavy atom. The molecule has 1 atom stereocenters. The van der Waals surface area contributed by atoms with Crippen LogP contribution in [-0.4, -0.2) is 38.5 Å². The first kappa shape index (κ1) is 19.1. The number of hydrogen-bond donors (Lipinski definition) is 2. The molecular weight excluding hydrogens is 338 g/mol. The average molecular weight is 366 g/mol. The molecule has 3 rings (SSSR count). The summed E-state index contributed by atoms with van der Waals surface area (Å²) in [4.78, 5) is 27.9. The van der Waals surface area contributed by atoms with Crippen LogP contribution in [0.5, 0.6) is 0 Å². The third-order valence-corrected chi connectivity index (χ3v) is 5.04. The lowest BCUT2D eigenvalue weighted by molar-refractivity contribution is -0.862. The van der Waals surface area contributed by atoms with Crippen LogP contribution in [0.4, 0.5) is 11.4 Å². The summed E-state index contributed by atoms with van der Waals surface area (Å²) in [6, 6.07) is 12.1. The number of anilines is 2. The highest BCUT2D eigenvalue weighted by molar-refractivity contribution is 5.96. The van der Waals surface area contributed by atoms with Crippen LogP contribution in [0.25, 0.3) is 0 Å². The molecule has 1 heterocycles. The number of benzene rings is 2. The quantitative estimate of drug-likeness (QED) is 0.846. The van der Waals surface area contributed by atoms with Crippen molar-refractivity contribution >= 4 is 23.2 Å². The molecule has 2 amide bonds. The fourth-order valence-electron chi connectivity index (χ4n) is 3.85. The Hall–Kier alpha value is -2.66. The van der Waals surface area contributed by atoms with Crippen molar-refractivity contribution in [3.63, 3.8) is 0 Å². The van der Waals surface area contributed by atoms with Crippen LogP contribution in [-0.2, 0) is 16.0 Å². The number of rotatable bonds is 5. The zero-order valence-corrected chi connectivity index (χ0v) is 16.6. The second kappa shape index (κ2) is 7.92. The van der Waals surface area contributed by atoms with E-state index in [1.165, 1.54) is 11.1 Å². The molecule has 1 aliphatic heterocycles. The normalized spacial score (nSPS) is 14.0. The predicted molar refractivity (Wildman–Crippen MR) is 108 cm³/mol. The number of nitrogens with one attached hydrogen (secondary N) is 2. The Morgan fingerprint density at radius 1 is 1.07 bits per heavy atom. The van der Waals surface area contributed by atoms with Crippen LogP contribution in [0.3, 0.4) is 0 Å². The minimum absolute atomic E-state index is 0.0629. The first-order valence-electron chi connectivity index (χ1n) is 9.42. The van der Waals surface area contributed by atoms with Gasteiger partial charge in [-0.2, -0.15) is 0 Å². The van der Waals surface area contributed by atoms with E-state index in [-0.39, 0.29) is 18.4 Å². The number of aryl methyl sites for hydroxylation is 3. The van der Waals surface area contributed by atoms with Gasteiger partial charge in [0.25, 0.3) is 11.8 Å². The fourth-order valence-corrected chi connectivity index (χ4v) is 3.85. The molecule has 5 heteroatoms. The molecule has 27 heavy (non-hydrogen) atoms. The first-order valence-corrected chi connectivity index (χ1v) is 9.42. The maximum absolute atomic E-state index is 12.7. The Kier molecular flexibility index (Phi) is 5.61. The SMILES string of the molecule is Cc1cc(C)c(NC(=O)C[NH+](C)CC(=O)N2CCc3ccccc32)c(C)c1. The number of quaternary nitrogens is 1. The lowest BCUT2D eigenvalue weighted by Crippen LogP contribution is -3.11. The first-order chi connectivity index (χ1) is 12.8. The van der Waals surface area contributed by atoms with Gasteiger partial charge in [0.15, 0.2) is 13.1 Å². The summed E-state index contributed by atoms with van der Waals surface area (Å²) in [5, 5.41) is 3.01. The molecule has 1 unspecified atom stereocenters. The topological polar surface area (TPSA) is 53.9 Å². The van der Waals surface area contributed by atoms with E-state index in [1.807, 2.05) is 50.9 Å². The van der Waals surface area contributed by atoms with Crippen molar-refractivity contribution in [2.45, 2.75) is 27.2 Å². The Morgan fingerprint density at radius 3 is 2.44 bits per heavy atom. The van der Waals surface area contributed by atoms with Crippen LogP contribution in [0.1, 0.15) is 22.3 Å². The smallest absolute Gasteiger partial charge is 0.282 e. The average Bonchev–Trinajstić information content (AvgIpc) is 3.02. The van der Waals surface area contributed by atoms with E-state index in [0.29, 0.717) is 6.54 Å². The lowest BCUT2D eigenvalue weighted by atomic mass is 10.1. The molecule has 0 saturated carbocycles. The maximum Gasteiger partial charge on any atom is 0.282 e. The largest absolute Gasteiger partial charge is 0.322 e. The van der Waals surface area contributed by atoms with Gasteiger partial charge in [0.1, 0.15) is 0 Å². The number of nitrogens with zero attached hydrogens (tertiary/aromatic N) is 1. The molecular formula is C22H28N3O2+. The standard InChI is InChI=1S/C22H27N3O2/c1-15-11-16(2)22(17(3)12-15)23-20(26)13-24(4)14-21(27)25-10-9-18-7-5-6-8-19(18)25/h5-8,11-12H,9-10,13-14H2,1-4H3,(H,23,26)/p+1. The Balaban J connectivity index is 1.57. The molecule has 0 radical (unpaired) electrons. The summed E-state index contributed by atoms with van der Waals surface area (Å²) in [7, 11) is 1.88. The summed E-state index contributed by atoms with van der Waals surface area (Å²) in [5.41, 5.74) is 6.39. The van der Waals surface area contributed by atoms with Crippen molar-refractivity contribution in [2.75, 3.05) is 36.9 Å². The number of para-hydroxylation sites is 1. The van der Waals surface area contributed by atoms with Crippen molar-refractivity contribution in [2.24, 2.45) is 0 Å². The van der Waals surface area contributed by atoms with Gasteiger partial charge in [-0.3, -0.25) is 9.59 Å². The zero-order valence-electron chi connectivity index (χ0n) is 16.6. The number of carbonyl (C=O) groups is 2. The summed E-state index contributed by atoms with van der Waals surface area (Å²) < 4.78 is 0. The van der Waals surface area contributed by atoms with Crippen molar-refractivity contribution in [3.8, 4) is 0 Å². The van der Waals surface area contributed by atoms with E-state index in [0.717, 1.165) is 40.4 Å². The second-order valence-electron chi connectivity index (χ2n) is 7.56. The summed E-state index contributed by atoms with van der Waals surface area (Å²) in [6.07, 6.45) is 0.896. The van der Waals surface area contributed by atoms with Gasteiger partial charge in [-0.25, -0.2) is 0 Å². The molecule has 0 bridgehead atoms. The lowest BCUT2D eigenvalue weighted by Gasteiger charge is -2.20. The molecule has 1 aliphatic rings. The Labute approximate surface area is 161 Å². The fraction of sp³-hybridized carbons (Fsp3) is 0.364. The highest BCUT2D eigenvalue weighted by Crippen LogP contribution is 2.27. The molecule has 0 saturated heterocycles. The van der Waals surface area contributed by atoms with Gasteiger partial charge in [-0.1, -0.05) is 35.9 Å². The monoisotopic (exact) mass is 366 g/mol. The van der Waals surface area contributed by atoms with Crippen molar-refractivity contribution in [3.05, 3.63) is 58.7 Å². The molecule has 0 spiro atoms. The summed E-state index contributed by atoms with van der Waals surface area (Å²) in [6.45, 7) is 7.33. The number of likely N-dealkylation sites (N-methyl/N-ethyl adjacent to an activating group) is 1. The molecule has 142 valence electrons. The minimum atomic E-state index is -0.0721. The molecule has 5 nitrogen and oxygen atoms in total. The van der Waals surface area contributed by atoms with E-state index in [2.05, 4.69) is 23.5 Å². The molecule has 2 aromatic carbocycles. The van der Waals surface area contributed by atoms with E-state index in [4.69, 9.17) is 0 Å². The van der Waals surface area contributed by atoms with Gasteiger partial charge < -0.3 is 15.1 Å².